The Bertz CT molecular complexity index is 431. The molecule has 0 radical (unpaired) electrons. The number of aromatic carboxylic acids is 1. The third kappa shape index (κ3) is 1.90. The van der Waals surface area contributed by atoms with Crippen molar-refractivity contribution in [2.45, 2.75) is 6.42 Å². The van der Waals surface area contributed by atoms with Crippen LogP contribution in [0.5, 0.6) is 0 Å². The van der Waals surface area contributed by atoms with Crippen molar-refractivity contribution in [3.63, 3.8) is 0 Å². The highest BCUT2D eigenvalue weighted by Gasteiger charge is 2.32. The molecule has 0 aromatic carbocycles. The molecular formula is C9H10N2O4S. The molecule has 1 amide bonds. The van der Waals surface area contributed by atoms with Gasteiger partial charge in [0.2, 0.25) is 11.7 Å². The minimum Gasteiger partial charge on any atom is -0.475 e. The van der Waals surface area contributed by atoms with Crippen LogP contribution in [0.25, 0.3) is 0 Å². The van der Waals surface area contributed by atoms with Crippen molar-refractivity contribution in [3.05, 3.63) is 12.0 Å². The lowest BCUT2D eigenvalue weighted by atomic mass is 10.1. The maximum atomic E-state index is 11.6. The number of oxazole rings is 1. The van der Waals surface area contributed by atoms with E-state index in [1.54, 1.807) is 0 Å². The van der Waals surface area contributed by atoms with Crippen molar-refractivity contribution in [3.8, 4) is 0 Å². The molecule has 6 nitrogen and oxygen atoms in total. The predicted octanol–water partition coefficient (Wildman–Crippen LogP) is 0.655. The van der Waals surface area contributed by atoms with Crippen LogP contribution in [0, 0.1) is 5.92 Å². The Morgan fingerprint density at radius 1 is 1.75 bits per heavy atom. The summed E-state index contributed by atoms with van der Waals surface area (Å²) < 4.78 is 4.96. The lowest BCUT2D eigenvalue weighted by Crippen LogP contribution is -2.24. The summed E-state index contributed by atoms with van der Waals surface area (Å²) >= 11 is 4.12. The summed E-state index contributed by atoms with van der Waals surface area (Å²) in [6.45, 7) is 0.474. The monoisotopic (exact) mass is 242 g/mol. The number of anilines is 1. The number of hydrogen-bond donors (Lipinski definition) is 2. The van der Waals surface area contributed by atoms with E-state index in [-0.39, 0.29) is 23.6 Å². The lowest BCUT2D eigenvalue weighted by Gasteiger charge is -2.10. The number of carboxylic acids is 1. The lowest BCUT2D eigenvalue weighted by molar-refractivity contribution is -0.117. The maximum absolute atomic E-state index is 11.6. The van der Waals surface area contributed by atoms with Gasteiger partial charge in [0.1, 0.15) is 0 Å². The Labute approximate surface area is 96.7 Å². The normalized spacial score (nSPS) is 20.4. The average Bonchev–Trinajstić information content (AvgIpc) is 2.83. The van der Waals surface area contributed by atoms with Crippen LogP contribution in [-0.2, 0) is 4.79 Å². The first-order valence-corrected chi connectivity index (χ1v) is 5.35. The Hall–Kier alpha value is -1.50. The van der Waals surface area contributed by atoms with Crippen molar-refractivity contribution in [1.29, 1.82) is 0 Å². The largest absolute Gasteiger partial charge is 0.475 e. The molecule has 16 heavy (non-hydrogen) atoms. The van der Waals surface area contributed by atoms with E-state index in [4.69, 9.17) is 9.52 Å². The van der Waals surface area contributed by atoms with Gasteiger partial charge in [-0.3, -0.25) is 9.69 Å². The Balaban J connectivity index is 2.18. The number of amides is 1. The molecule has 2 rings (SSSR count). The first-order chi connectivity index (χ1) is 7.61. The SMILES string of the molecule is O=C(O)c1cnc(N2CC(CS)CC2=O)o1. The van der Waals surface area contributed by atoms with E-state index >= 15 is 0 Å². The molecule has 86 valence electrons. The number of aromatic nitrogens is 1. The first kappa shape index (κ1) is 11.0. The molecule has 1 saturated heterocycles. The van der Waals surface area contributed by atoms with Crippen molar-refractivity contribution < 1.29 is 19.1 Å². The molecule has 7 heteroatoms. The smallest absolute Gasteiger partial charge is 0.373 e. The number of hydrogen-bond acceptors (Lipinski definition) is 5. The molecule has 1 aromatic rings. The number of carbonyl (C=O) groups excluding carboxylic acids is 1. The second-order valence-electron chi connectivity index (χ2n) is 3.57. The zero-order valence-electron chi connectivity index (χ0n) is 8.29. The van der Waals surface area contributed by atoms with Crippen LogP contribution in [0.2, 0.25) is 0 Å². The second kappa shape index (κ2) is 4.17. The fraction of sp³-hybridized carbons (Fsp3) is 0.444. The standard InChI is InChI=1S/C9H10N2O4S/c12-7-1-5(4-16)3-11(7)9-10-2-6(15-9)8(13)14/h2,5,16H,1,3-4H2,(H,13,14). The molecule has 1 N–H and O–H groups in total. The van der Waals surface area contributed by atoms with Crippen molar-refractivity contribution in [1.82, 2.24) is 4.98 Å². The van der Waals surface area contributed by atoms with Crippen LogP contribution in [0.1, 0.15) is 17.0 Å². The van der Waals surface area contributed by atoms with Crippen LogP contribution in [0.3, 0.4) is 0 Å². The average molecular weight is 242 g/mol. The van der Waals surface area contributed by atoms with E-state index in [1.165, 1.54) is 4.90 Å². The van der Waals surface area contributed by atoms with Gasteiger partial charge in [-0.2, -0.15) is 12.6 Å². The minimum atomic E-state index is -1.20. The van der Waals surface area contributed by atoms with Crippen molar-refractivity contribution >= 4 is 30.5 Å². The van der Waals surface area contributed by atoms with E-state index in [1.807, 2.05) is 0 Å². The van der Waals surface area contributed by atoms with Crippen LogP contribution in [0.15, 0.2) is 10.6 Å². The number of nitrogens with zero attached hydrogens (tertiary/aromatic N) is 2. The fourth-order valence-electron chi connectivity index (χ4n) is 1.58. The molecule has 0 saturated carbocycles. The van der Waals surface area contributed by atoms with Gasteiger partial charge in [-0.15, -0.1) is 0 Å². The minimum absolute atomic E-state index is 0.0479. The van der Waals surface area contributed by atoms with Crippen molar-refractivity contribution in [2.24, 2.45) is 5.92 Å². The Kier molecular flexibility index (Phi) is 2.86. The molecule has 0 bridgehead atoms. The van der Waals surface area contributed by atoms with Crippen LogP contribution in [0.4, 0.5) is 6.01 Å². The number of thiol groups is 1. The summed E-state index contributed by atoms with van der Waals surface area (Å²) in [6, 6.07) is 0.0479. The van der Waals surface area contributed by atoms with E-state index in [0.29, 0.717) is 18.7 Å². The van der Waals surface area contributed by atoms with Crippen LogP contribution < -0.4 is 4.90 Å². The van der Waals surface area contributed by atoms with Gasteiger partial charge in [-0.1, -0.05) is 0 Å². The summed E-state index contributed by atoms with van der Waals surface area (Å²) in [4.78, 5) is 27.3. The van der Waals surface area contributed by atoms with Gasteiger partial charge in [0, 0.05) is 13.0 Å². The van der Waals surface area contributed by atoms with Crippen LogP contribution in [-0.4, -0.2) is 34.3 Å². The Morgan fingerprint density at radius 3 is 3.00 bits per heavy atom. The van der Waals surface area contributed by atoms with E-state index in [2.05, 4.69) is 17.6 Å². The van der Waals surface area contributed by atoms with E-state index in [9.17, 15) is 9.59 Å². The molecule has 0 spiro atoms. The molecule has 2 heterocycles. The molecule has 1 fully saturated rings. The summed E-state index contributed by atoms with van der Waals surface area (Å²) in [5.74, 6) is -0.809. The second-order valence-corrected chi connectivity index (χ2v) is 3.93. The highest BCUT2D eigenvalue weighted by atomic mass is 32.1. The summed E-state index contributed by atoms with van der Waals surface area (Å²) in [7, 11) is 0. The topological polar surface area (TPSA) is 83.6 Å². The number of carboxylic acid groups (broad SMARTS) is 1. The first-order valence-electron chi connectivity index (χ1n) is 4.72. The van der Waals surface area contributed by atoms with E-state index in [0.717, 1.165) is 6.20 Å². The maximum Gasteiger partial charge on any atom is 0.373 e. The van der Waals surface area contributed by atoms with Gasteiger partial charge in [-0.05, 0) is 11.7 Å². The number of rotatable bonds is 3. The number of carbonyl (C=O) groups is 2. The van der Waals surface area contributed by atoms with Gasteiger partial charge in [-0.25, -0.2) is 9.78 Å². The fourth-order valence-corrected chi connectivity index (χ4v) is 1.82. The highest BCUT2D eigenvalue weighted by Crippen LogP contribution is 2.25. The van der Waals surface area contributed by atoms with Gasteiger partial charge in [0.15, 0.2) is 0 Å². The van der Waals surface area contributed by atoms with Gasteiger partial charge in [0.05, 0.1) is 6.20 Å². The summed E-state index contributed by atoms with van der Waals surface area (Å²) in [5.41, 5.74) is 0. The molecule has 1 unspecified atom stereocenters. The third-order valence-electron chi connectivity index (χ3n) is 2.40. The van der Waals surface area contributed by atoms with Gasteiger partial charge >= 0.3 is 12.0 Å². The van der Waals surface area contributed by atoms with Crippen LogP contribution >= 0.6 is 12.6 Å². The molecule has 1 aromatic heterocycles. The molecule has 1 aliphatic heterocycles. The third-order valence-corrected chi connectivity index (χ3v) is 2.91. The molecule has 0 aliphatic carbocycles. The molecular weight excluding hydrogens is 232 g/mol. The van der Waals surface area contributed by atoms with Gasteiger partial charge in [0.25, 0.3) is 0 Å². The predicted molar refractivity (Wildman–Crippen MR) is 57.8 cm³/mol. The zero-order chi connectivity index (χ0) is 11.7. The van der Waals surface area contributed by atoms with E-state index < -0.39 is 5.97 Å². The van der Waals surface area contributed by atoms with Gasteiger partial charge < -0.3 is 9.52 Å². The summed E-state index contributed by atoms with van der Waals surface area (Å²) in [6.07, 6.45) is 1.49. The van der Waals surface area contributed by atoms with Crippen molar-refractivity contribution in [2.75, 3.05) is 17.2 Å². The summed E-state index contributed by atoms with van der Waals surface area (Å²) in [5, 5.41) is 8.66. The quantitative estimate of drug-likeness (QED) is 0.760. The zero-order valence-corrected chi connectivity index (χ0v) is 9.18. The molecule has 1 atom stereocenters. The molecule has 1 aliphatic rings. The Morgan fingerprint density at radius 2 is 2.50 bits per heavy atom. The highest BCUT2D eigenvalue weighted by molar-refractivity contribution is 7.80.